The molecule has 2 rings (SSSR count). The number of benzene rings is 1. The average molecular weight is 238 g/mol. The zero-order valence-electron chi connectivity index (χ0n) is 9.49. The smallest absolute Gasteiger partial charge is 0.248 e. The third-order valence-electron chi connectivity index (χ3n) is 2.84. The highest BCUT2D eigenvalue weighted by Gasteiger charge is 2.13. The lowest BCUT2D eigenvalue weighted by Crippen LogP contribution is -2.35. The Balaban J connectivity index is 2.08. The second kappa shape index (κ2) is 5.25. The van der Waals surface area contributed by atoms with Gasteiger partial charge in [-0.1, -0.05) is 6.07 Å². The number of morpholine rings is 1. The maximum absolute atomic E-state index is 13.7. The molecule has 4 nitrogen and oxygen atoms in total. The number of hydrogen-bond donors (Lipinski definition) is 1. The van der Waals surface area contributed by atoms with Gasteiger partial charge in [0, 0.05) is 30.8 Å². The normalized spacial score (nSPS) is 17.0. The molecule has 1 saturated heterocycles. The summed E-state index contributed by atoms with van der Waals surface area (Å²) >= 11 is 0. The molecular formula is C12H15FN2O2. The van der Waals surface area contributed by atoms with Gasteiger partial charge in [-0.05, 0) is 12.1 Å². The Morgan fingerprint density at radius 3 is 2.71 bits per heavy atom. The first kappa shape index (κ1) is 12.0. The largest absolute Gasteiger partial charge is 0.379 e. The minimum atomic E-state index is -0.609. The number of rotatable bonds is 3. The Morgan fingerprint density at radius 2 is 2.12 bits per heavy atom. The third kappa shape index (κ3) is 3.01. The van der Waals surface area contributed by atoms with E-state index < -0.39 is 5.91 Å². The summed E-state index contributed by atoms with van der Waals surface area (Å²) in [6.45, 7) is 3.50. The molecular weight excluding hydrogens is 223 g/mol. The fourth-order valence-corrected chi connectivity index (χ4v) is 1.83. The van der Waals surface area contributed by atoms with Crippen LogP contribution in [0.5, 0.6) is 0 Å². The molecule has 5 heteroatoms. The first-order valence-electron chi connectivity index (χ1n) is 5.55. The van der Waals surface area contributed by atoms with Crippen molar-refractivity contribution in [3.63, 3.8) is 0 Å². The first-order valence-corrected chi connectivity index (χ1v) is 5.55. The molecule has 1 aromatic rings. The van der Waals surface area contributed by atoms with Crippen LogP contribution in [0.2, 0.25) is 0 Å². The Morgan fingerprint density at radius 1 is 1.41 bits per heavy atom. The van der Waals surface area contributed by atoms with Crippen LogP contribution in [0.4, 0.5) is 4.39 Å². The molecule has 0 atom stereocenters. The highest BCUT2D eigenvalue weighted by molar-refractivity contribution is 5.92. The number of amides is 1. The van der Waals surface area contributed by atoms with E-state index in [1.807, 2.05) is 0 Å². The molecule has 0 unspecified atom stereocenters. The second-order valence-electron chi connectivity index (χ2n) is 4.06. The maximum Gasteiger partial charge on any atom is 0.248 e. The Kier molecular flexibility index (Phi) is 3.71. The molecule has 0 aliphatic carbocycles. The van der Waals surface area contributed by atoms with Crippen molar-refractivity contribution in [1.29, 1.82) is 0 Å². The molecule has 1 heterocycles. The van der Waals surface area contributed by atoms with Gasteiger partial charge in [0.2, 0.25) is 5.91 Å². The zero-order valence-corrected chi connectivity index (χ0v) is 9.49. The van der Waals surface area contributed by atoms with Crippen LogP contribution in [0.3, 0.4) is 0 Å². The number of nitrogens with zero attached hydrogens (tertiary/aromatic N) is 1. The van der Waals surface area contributed by atoms with Crippen molar-refractivity contribution in [3.8, 4) is 0 Å². The van der Waals surface area contributed by atoms with Crippen LogP contribution in [0.15, 0.2) is 18.2 Å². The van der Waals surface area contributed by atoms with Gasteiger partial charge in [0.1, 0.15) is 5.82 Å². The molecule has 1 aliphatic heterocycles. The monoisotopic (exact) mass is 238 g/mol. The lowest BCUT2D eigenvalue weighted by molar-refractivity contribution is 0.0337. The predicted molar refractivity (Wildman–Crippen MR) is 61.0 cm³/mol. The molecule has 92 valence electrons. The number of carbonyl (C=O) groups excluding carboxylic acids is 1. The van der Waals surface area contributed by atoms with E-state index in [9.17, 15) is 9.18 Å². The SMILES string of the molecule is NC(=O)c1ccc(CN2CCOCC2)c(F)c1. The van der Waals surface area contributed by atoms with E-state index in [1.54, 1.807) is 12.1 Å². The molecule has 0 spiro atoms. The summed E-state index contributed by atoms with van der Waals surface area (Å²) < 4.78 is 18.9. The lowest BCUT2D eigenvalue weighted by atomic mass is 10.1. The first-order chi connectivity index (χ1) is 8.16. The van der Waals surface area contributed by atoms with E-state index in [-0.39, 0.29) is 11.4 Å². The molecule has 1 aromatic carbocycles. The van der Waals surface area contributed by atoms with Crippen LogP contribution < -0.4 is 5.73 Å². The van der Waals surface area contributed by atoms with Crippen LogP contribution in [0.1, 0.15) is 15.9 Å². The summed E-state index contributed by atoms with van der Waals surface area (Å²) in [5, 5.41) is 0. The van der Waals surface area contributed by atoms with Gasteiger partial charge in [-0.15, -0.1) is 0 Å². The molecule has 1 amide bonds. The number of ether oxygens (including phenoxy) is 1. The fourth-order valence-electron chi connectivity index (χ4n) is 1.83. The van der Waals surface area contributed by atoms with Crippen LogP contribution in [-0.2, 0) is 11.3 Å². The standard InChI is InChI=1S/C12H15FN2O2/c13-11-7-9(12(14)16)1-2-10(11)8-15-3-5-17-6-4-15/h1-2,7H,3-6,8H2,(H2,14,16). The summed E-state index contributed by atoms with van der Waals surface area (Å²) in [4.78, 5) is 13.0. The topological polar surface area (TPSA) is 55.6 Å². The molecule has 17 heavy (non-hydrogen) atoms. The maximum atomic E-state index is 13.7. The van der Waals surface area contributed by atoms with Gasteiger partial charge in [0.15, 0.2) is 0 Å². The summed E-state index contributed by atoms with van der Waals surface area (Å²) in [5.74, 6) is -0.991. The van der Waals surface area contributed by atoms with E-state index in [2.05, 4.69) is 4.90 Å². The minimum Gasteiger partial charge on any atom is -0.379 e. The molecule has 0 radical (unpaired) electrons. The summed E-state index contributed by atoms with van der Waals surface area (Å²) in [7, 11) is 0. The van der Waals surface area contributed by atoms with Crippen LogP contribution in [0.25, 0.3) is 0 Å². The van der Waals surface area contributed by atoms with Crippen molar-refractivity contribution < 1.29 is 13.9 Å². The second-order valence-corrected chi connectivity index (χ2v) is 4.06. The molecule has 2 N–H and O–H groups in total. The molecule has 0 aromatic heterocycles. The van der Waals surface area contributed by atoms with Gasteiger partial charge in [-0.25, -0.2) is 4.39 Å². The van der Waals surface area contributed by atoms with Gasteiger partial charge in [0.05, 0.1) is 13.2 Å². The van der Waals surface area contributed by atoms with Crippen molar-refractivity contribution in [2.75, 3.05) is 26.3 Å². The van der Waals surface area contributed by atoms with E-state index in [0.717, 1.165) is 13.1 Å². The summed E-state index contributed by atoms with van der Waals surface area (Å²) in [6, 6.07) is 4.37. The van der Waals surface area contributed by atoms with Crippen LogP contribution >= 0.6 is 0 Å². The van der Waals surface area contributed by atoms with E-state index in [1.165, 1.54) is 6.07 Å². The minimum absolute atomic E-state index is 0.202. The summed E-state index contributed by atoms with van der Waals surface area (Å²) in [6.07, 6.45) is 0. The van der Waals surface area contributed by atoms with Gasteiger partial charge in [0.25, 0.3) is 0 Å². The highest BCUT2D eigenvalue weighted by atomic mass is 19.1. The van der Waals surface area contributed by atoms with Crippen molar-refractivity contribution in [1.82, 2.24) is 4.90 Å². The molecule has 0 bridgehead atoms. The number of primary amides is 1. The Labute approximate surface area is 99.2 Å². The molecule has 1 aliphatic rings. The average Bonchev–Trinajstić information content (AvgIpc) is 2.33. The zero-order chi connectivity index (χ0) is 12.3. The summed E-state index contributed by atoms with van der Waals surface area (Å²) in [5.41, 5.74) is 5.87. The third-order valence-corrected chi connectivity index (χ3v) is 2.84. The fraction of sp³-hybridized carbons (Fsp3) is 0.417. The Bertz CT molecular complexity index is 417. The van der Waals surface area contributed by atoms with Crippen molar-refractivity contribution in [2.24, 2.45) is 5.73 Å². The van der Waals surface area contributed by atoms with Crippen LogP contribution in [0, 0.1) is 5.82 Å². The van der Waals surface area contributed by atoms with E-state index >= 15 is 0 Å². The number of carbonyl (C=O) groups is 1. The van der Waals surface area contributed by atoms with Crippen LogP contribution in [-0.4, -0.2) is 37.1 Å². The number of hydrogen-bond acceptors (Lipinski definition) is 3. The predicted octanol–water partition coefficient (Wildman–Crippen LogP) is 0.757. The van der Waals surface area contributed by atoms with Gasteiger partial charge in [-0.3, -0.25) is 9.69 Å². The molecule has 1 fully saturated rings. The van der Waals surface area contributed by atoms with Crippen molar-refractivity contribution in [2.45, 2.75) is 6.54 Å². The van der Waals surface area contributed by atoms with Gasteiger partial charge < -0.3 is 10.5 Å². The van der Waals surface area contributed by atoms with E-state index in [4.69, 9.17) is 10.5 Å². The highest BCUT2D eigenvalue weighted by Crippen LogP contribution is 2.13. The van der Waals surface area contributed by atoms with Gasteiger partial charge >= 0.3 is 0 Å². The van der Waals surface area contributed by atoms with Crippen molar-refractivity contribution >= 4 is 5.91 Å². The number of halogens is 1. The van der Waals surface area contributed by atoms with E-state index in [0.29, 0.717) is 25.3 Å². The van der Waals surface area contributed by atoms with Crippen molar-refractivity contribution in [3.05, 3.63) is 35.1 Å². The number of nitrogens with two attached hydrogens (primary N) is 1. The quantitative estimate of drug-likeness (QED) is 0.845. The lowest BCUT2D eigenvalue weighted by Gasteiger charge is -2.26. The molecule has 0 saturated carbocycles. The van der Waals surface area contributed by atoms with Gasteiger partial charge in [-0.2, -0.15) is 0 Å². The Hall–Kier alpha value is -1.46.